The van der Waals surface area contributed by atoms with E-state index in [1.165, 1.54) is 0 Å². The molecule has 0 spiro atoms. The van der Waals surface area contributed by atoms with Gasteiger partial charge >= 0.3 is 0 Å². The second kappa shape index (κ2) is 8.91. The smallest absolute Gasteiger partial charge is 0.271 e. The first kappa shape index (κ1) is 18.5. The number of methoxy groups -OCH3 is 1. The van der Waals surface area contributed by atoms with Crippen LogP contribution in [0.25, 0.3) is 17.1 Å². The Balaban J connectivity index is 1.92. The second-order valence-electron chi connectivity index (χ2n) is 5.85. The third kappa shape index (κ3) is 4.48. The maximum Gasteiger partial charge on any atom is 0.271 e. The van der Waals surface area contributed by atoms with Gasteiger partial charge in [-0.2, -0.15) is 5.10 Å². The molecule has 0 saturated carbocycles. The second-order valence-corrected chi connectivity index (χ2v) is 5.85. The zero-order valence-electron chi connectivity index (χ0n) is 15.1. The van der Waals surface area contributed by atoms with Gasteiger partial charge in [-0.05, 0) is 43.7 Å². The number of ether oxygens (including phenoxy) is 1. The van der Waals surface area contributed by atoms with Crippen molar-refractivity contribution in [1.82, 2.24) is 25.1 Å². The van der Waals surface area contributed by atoms with Crippen LogP contribution in [0.15, 0.2) is 48.8 Å². The van der Waals surface area contributed by atoms with Crippen molar-refractivity contribution in [3.63, 3.8) is 0 Å². The van der Waals surface area contributed by atoms with Gasteiger partial charge in [0.15, 0.2) is 5.69 Å². The highest BCUT2D eigenvalue weighted by Crippen LogP contribution is 2.22. The van der Waals surface area contributed by atoms with Crippen LogP contribution >= 0.6 is 0 Å². The van der Waals surface area contributed by atoms with Crippen LogP contribution in [0.3, 0.4) is 0 Å². The first-order chi connectivity index (χ1) is 13.2. The van der Waals surface area contributed by atoms with Crippen LogP contribution in [0.2, 0.25) is 0 Å². The molecule has 0 fully saturated rings. The lowest BCUT2D eigenvalue weighted by atomic mass is 10.2. The largest absolute Gasteiger partial charge is 0.481 e. The van der Waals surface area contributed by atoms with E-state index in [9.17, 15) is 4.79 Å². The molecule has 0 aliphatic rings. The van der Waals surface area contributed by atoms with Crippen LogP contribution in [0.5, 0.6) is 5.88 Å². The van der Waals surface area contributed by atoms with E-state index in [1.54, 1.807) is 36.3 Å². The van der Waals surface area contributed by atoms with Gasteiger partial charge in [-0.3, -0.25) is 9.78 Å². The highest BCUT2D eigenvalue weighted by molar-refractivity contribution is 5.93. The monoisotopic (exact) mass is 366 g/mol. The van der Waals surface area contributed by atoms with Crippen LogP contribution in [-0.2, 0) is 0 Å². The molecule has 3 N–H and O–H groups in total. The lowest BCUT2D eigenvalue weighted by Gasteiger charge is -2.07. The van der Waals surface area contributed by atoms with Crippen molar-refractivity contribution in [2.75, 3.05) is 20.2 Å². The molecule has 3 heterocycles. The fraction of sp³-hybridized carbons (Fsp3) is 0.263. The van der Waals surface area contributed by atoms with E-state index in [1.807, 2.05) is 24.3 Å². The summed E-state index contributed by atoms with van der Waals surface area (Å²) in [6, 6.07) is 10.9. The van der Waals surface area contributed by atoms with E-state index in [4.69, 9.17) is 10.5 Å². The van der Waals surface area contributed by atoms with Crippen LogP contribution in [0.4, 0.5) is 0 Å². The van der Waals surface area contributed by atoms with Crippen LogP contribution < -0.4 is 15.8 Å². The Hall–Kier alpha value is -3.26. The van der Waals surface area contributed by atoms with Gasteiger partial charge in [-0.15, -0.1) is 0 Å². The van der Waals surface area contributed by atoms with Crippen LogP contribution in [0.1, 0.15) is 23.3 Å². The number of hydrogen-bond donors (Lipinski definition) is 2. The number of nitrogens with two attached hydrogens (primary N) is 1. The average molecular weight is 366 g/mol. The van der Waals surface area contributed by atoms with E-state index in [0.717, 1.165) is 12.8 Å². The standard InChI is InChI=1S/C19H22N6O2/c1-27-18-8-7-14(13-23-18)25-17(15-6-2-4-10-21-15)12-16(24-25)19(26)22-11-5-3-9-20/h2,4,6-8,10,12-13H,3,5,9,11,20H2,1H3,(H,22,26). The molecular weight excluding hydrogens is 344 g/mol. The zero-order valence-corrected chi connectivity index (χ0v) is 15.1. The van der Waals surface area contributed by atoms with Gasteiger partial charge in [0.2, 0.25) is 5.88 Å². The van der Waals surface area contributed by atoms with E-state index >= 15 is 0 Å². The number of rotatable bonds is 8. The van der Waals surface area contributed by atoms with Crippen molar-refractivity contribution in [2.45, 2.75) is 12.8 Å². The fourth-order valence-corrected chi connectivity index (χ4v) is 2.57. The Morgan fingerprint density at radius 3 is 2.78 bits per heavy atom. The number of amides is 1. The SMILES string of the molecule is COc1ccc(-n2nc(C(=O)NCCCCN)cc2-c2ccccn2)cn1. The van der Waals surface area contributed by atoms with E-state index in [-0.39, 0.29) is 5.91 Å². The molecule has 140 valence electrons. The number of hydrogen-bond acceptors (Lipinski definition) is 6. The molecule has 3 aromatic heterocycles. The van der Waals surface area contributed by atoms with Crippen molar-refractivity contribution in [1.29, 1.82) is 0 Å². The quantitative estimate of drug-likeness (QED) is 0.589. The molecule has 3 rings (SSSR count). The third-order valence-corrected chi connectivity index (χ3v) is 3.96. The number of carbonyl (C=O) groups excluding carboxylic acids is 1. The summed E-state index contributed by atoms with van der Waals surface area (Å²) in [5.74, 6) is 0.271. The topological polar surface area (TPSA) is 108 Å². The molecule has 1 amide bonds. The number of carbonyl (C=O) groups is 1. The first-order valence-electron chi connectivity index (χ1n) is 8.73. The maximum absolute atomic E-state index is 12.5. The summed E-state index contributed by atoms with van der Waals surface area (Å²) >= 11 is 0. The van der Waals surface area contributed by atoms with Gasteiger partial charge < -0.3 is 15.8 Å². The molecule has 0 atom stereocenters. The first-order valence-corrected chi connectivity index (χ1v) is 8.73. The van der Waals surface area contributed by atoms with E-state index in [0.29, 0.717) is 41.7 Å². The van der Waals surface area contributed by atoms with E-state index in [2.05, 4.69) is 20.4 Å². The summed E-state index contributed by atoms with van der Waals surface area (Å²) in [5, 5.41) is 7.34. The fourth-order valence-electron chi connectivity index (χ4n) is 2.57. The van der Waals surface area contributed by atoms with Crippen molar-refractivity contribution in [3.8, 4) is 23.0 Å². The maximum atomic E-state index is 12.5. The Morgan fingerprint density at radius 2 is 2.11 bits per heavy atom. The normalized spacial score (nSPS) is 10.6. The Kier molecular flexibility index (Phi) is 6.11. The number of aromatic nitrogens is 4. The minimum atomic E-state index is -0.232. The molecule has 0 saturated heterocycles. The Morgan fingerprint density at radius 1 is 1.22 bits per heavy atom. The van der Waals surface area contributed by atoms with Gasteiger partial charge in [-0.1, -0.05) is 6.07 Å². The third-order valence-electron chi connectivity index (χ3n) is 3.96. The highest BCUT2D eigenvalue weighted by atomic mass is 16.5. The Bertz CT molecular complexity index is 877. The molecule has 8 heteroatoms. The molecule has 0 unspecified atom stereocenters. The molecule has 27 heavy (non-hydrogen) atoms. The molecule has 0 aliphatic heterocycles. The number of unbranched alkanes of at least 4 members (excludes halogenated alkanes) is 1. The van der Waals surface area contributed by atoms with Gasteiger partial charge in [0.25, 0.3) is 5.91 Å². The minimum absolute atomic E-state index is 0.232. The summed E-state index contributed by atoms with van der Waals surface area (Å²) in [4.78, 5) is 21.1. The molecule has 0 bridgehead atoms. The molecule has 3 aromatic rings. The molecule has 8 nitrogen and oxygen atoms in total. The molecular formula is C19H22N6O2. The highest BCUT2D eigenvalue weighted by Gasteiger charge is 2.17. The Labute approximate surface area is 157 Å². The summed E-state index contributed by atoms with van der Waals surface area (Å²) in [5.41, 5.74) is 7.92. The predicted octanol–water partition coefficient (Wildman–Crippen LogP) is 1.81. The molecule has 0 aromatic carbocycles. The summed E-state index contributed by atoms with van der Waals surface area (Å²) < 4.78 is 6.76. The lowest BCUT2D eigenvalue weighted by molar-refractivity contribution is 0.0947. The molecule has 0 aliphatic carbocycles. The van der Waals surface area contributed by atoms with Crippen LogP contribution in [0, 0.1) is 0 Å². The number of pyridine rings is 2. The number of nitrogens with one attached hydrogen (secondary N) is 1. The van der Waals surface area contributed by atoms with Crippen molar-refractivity contribution < 1.29 is 9.53 Å². The van der Waals surface area contributed by atoms with Gasteiger partial charge in [-0.25, -0.2) is 9.67 Å². The summed E-state index contributed by atoms with van der Waals surface area (Å²) in [7, 11) is 1.56. The average Bonchev–Trinajstić information content (AvgIpc) is 3.17. The van der Waals surface area contributed by atoms with Crippen LogP contribution in [-0.4, -0.2) is 45.9 Å². The van der Waals surface area contributed by atoms with Gasteiger partial charge in [0, 0.05) is 18.8 Å². The van der Waals surface area contributed by atoms with Gasteiger partial charge in [0.05, 0.1) is 30.4 Å². The van der Waals surface area contributed by atoms with Crippen molar-refractivity contribution >= 4 is 5.91 Å². The lowest BCUT2D eigenvalue weighted by Crippen LogP contribution is -2.25. The summed E-state index contributed by atoms with van der Waals surface area (Å²) in [6.07, 6.45) is 5.04. The van der Waals surface area contributed by atoms with E-state index < -0.39 is 0 Å². The minimum Gasteiger partial charge on any atom is -0.481 e. The van der Waals surface area contributed by atoms with Crippen molar-refractivity contribution in [2.24, 2.45) is 5.73 Å². The molecule has 0 radical (unpaired) electrons. The summed E-state index contributed by atoms with van der Waals surface area (Å²) in [6.45, 7) is 1.17. The van der Waals surface area contributed by atoms with Crippen molar-refractivity contribution in [3.05, 3.63) is 54.5 Å². The number of nitrogens with zero attached hydrogens (tertiary/aromatic N) is 4. The van der Waals surface area contributed by atoms with Gasteiger partial charge in [0.1, 0.15) is 0 Å². The predicted molar refractivity (Wildman–Crippen MR) is 102 cm³/mol. The zero-order chi connectivity index (χ0) is 19.1.